The number of carbonyl (C=O) groups excluding carboxylic acids is 2. The van der Waals surface area contributed by atoms with Crippen LogP contribution in [0.5, 0.6) is 5.75 Å². The Hall–Kier alpha value is -2.85. The standard InChI is InChI=1S/C25H30N4O4S2/c1-5-29-22(16(4)33-17-12-10-15(3)11-13-17)27-28-25(29)34-14-20(30)26-23-21(24(31)32-6-2)18-8-7-9-19(18)35-23/h10-13,16H,5-9,14H2,1-4H3,(H,26,30). The maximum absolute atomic E-state index is 12.8. The molecule has 10 heteroatoms. The maximum Gasteiger partial charge on any atom is 0.341 e. The number of ether oxygens (including phenoxy) is 2. The van der Waals surface area contributed by atoms with Gasteiger partial charge in [-0.05, 0) is 64.7 Å². The van der Waals surface area contributed by atoms with Gasteiger partial charge in [0.15, 0.2) is 17.1 Å². The van der Waals surface area contributed by atoms with Crippen LogP contribution in [0.3, 0.4) is 0 Å². The molecule has 186 valence electrons. The normalized spacial score (nSPS) is 13.4. The number of benzene rings is 1. The fourth-order valence-electron chi connectivity index (χ4n) is 4.08. The molecule has 1 aromatic carbocycles. The third-order valence-corrected chi connectivity index (χ3v) is 7.92. The Labute approximate surface area is 213 Å². The van der Waals surface area contributed by atoms with Crippen molar-refractivity contribution in [1.29, 1.82) is 0 Å². The first-order chi connectivity index (χ1) is 16.9. The number of nitrogens with one attached hydrogen (secondary N) is 1. The summed E-state index contributed by atoms with van der Waals surface area (Å²) in [7, 11) is 0. The SMILES string of the molecule is CCOC(=O)c1c(NC(=O)CSc2nnc(C(C)Oc3ccc(C)cc3)n2CC)sc2c1CCC2. The number of nitrogens with zero attached hydrogens (tertiary/aromatic N) is 3. The van der Waals surface area contributed by atoms with Crippen molar-refractivity contribution in [1.82, 2.24) is 14.8 Å². The van der Waals surface area contributed by atoms with Gasteiger partial charge in [0.2, 0.25) is 5.91 Å². The smallest absolute Gasteiger partial charge is 0.341 e. The number of hydrogen-bond donors (Lipinski definition) is 1. The van der Waals surface area contributed by atoms with Crippen LogP contribution in [0, 0.1) is 6.92 Å². The van der Waals surface area contributed by atoms with Gasteiger partial charge in [0, 0.05) is 11.4 Å². The molecule has 1 aliphatic rings. The summed E-state index contributed by atoms with van der Waals surface area (Å²) in [4.78, 5) is 26.5. The Morgan fingerprint density at radius 2 is 1.97 bits per heavy atom. The Morgan fingerprint density at radius 3 is 2.69 bits per heavy atom. The zero-order chi connectivity index (χ0) is 24.9. The van der Waals surface area contributed by atoms with Gasteiger partial charge in [0.25, 0.3) is 0 Å². The third kappa shape index (κ3) is 5.70. The van der Waals surface area contributed by atoms with E-state index in [4.69, 9.17) is 9.47 Å². The molecular formula is C25H30N4O4S2. The zero-order valence-electron chi connectivity index (χ0n) is 20.4. The molecule has 0 fully saturated rings. The minimum atomic E-state index is -0.368. The van der Waals surface area contributed by atoms with Gasteiger partial charge in [0.05, 0.1) is 17.9 Å². The maximum atomic E-state index is 12.8. The van der Waals surface area contributed by atoms with Crippen molar-refractivity contribution in [3.05, 3.63) is 51.7 Å². The van der Waals surface area contributed by atoms with Crippen molar-refractivity contribution in [3.8, 4) is 5.75 Å². The van der Waals surface area contributed by atoms with E-state index in [1.165, 1.54) is 28.7 Å². The highest BCUT2D eigenvalue weighted by Crippen LogP contribution is 2.39. The van der Waals surface area contributed by atoms with Gasteiger partial charge in [-0.2, -0.15) is 0 Å². The quantitative estimate of drug-likeness (QED) is 0.293. The summed E-state index contributed by atoms with van der Waals surface area (Å²) >= 11 is 2.79. The molecule has 0 spiro atoms. The molecular weight excluding hydrogens is 484 g/mol. The molecule has 1 unspecified atom stereocenters. The molecule has 1 amide bonds. The Kier molecular flexibility index (Phi) is 8.12. The first kappa shape index (κ1) is 25.2. The molecule has 35 heavy (non-hydrogen) atoms. The number of esters is 1. The second-order valence-corrected chi connectivity index (χ2v) is 10.3. The van der Waals surface area contributed by atoms with E-state index in [2.05, 4.69) is 15.5 Å². The summed E-state index contributed by atoms with van der Waals surface area (Å²) in [5.74, 6) is 1.05. The van der Waals surface area contributed by atoms with Crippen LogP contribution < -0.4 is 10.1 Å². The van der Waals surface area contributed by atoms with Crippen LogP contribution >= 0.6 is 23.1 Å². The van der Waals surface area contributed by atoms with Gasteiger partial charge in [-0.3, -0.25) is 4.79 Å². The van der Waals surface area contributed by atoms with E-state index in [1.54, 1.807) is 6.92 Å². The number of thiophene rings is 1. The van der Waals surface area contributed by atoms with Crippen LogP contribution in [0.2, 0.25) is 0 Å². The van der Waals surface area contributed by atoms with Crippen LogP contribution in [0.15, 0.2) is 29.4 Å². The van der Waals surface area contributed by atoms with Crippen molar-refractivity contribution >= 4 is 40.0 Å². The molecule has 4 rings (SSSR count). The fourth-order valence-corrected chi connectivity index (χ4v) is 6.19. The molecule has 0 bridgehead atoms. The van der Waals surface area contributed by atoms with Crippen molar-refractivity contribution in [2.75, 3.05) is 17.7 Å². The summed E-state index contributed by atoms with van der Waals surface area (Å²) in [6, 6.07) is 7.87. The minimum Gasteiger partial charge on any atom is -0.483 e. The molecule has 3 aromatic rings. The summed E-state index contributed by atoms with van der Waals surface area (Å²) in [6.07, 6.45) is 2.51. The second kappa shape index (κ2) is 11.3. The second-order valence-electron chi connectivity index (χ2n) is 8.28. The monoisotopic (exact) mass is 514 g/mol. The van der Waals surface area contributed by atoms with Gasteiger partial charge in [0.1, 0.15) is 10.8 Å². The van der Waals surface area contributed by atoms with E-state index in [1.807, 2.05) is 49.6 Å². The molecule has 8 nitrogen and oxygen atoms in total. The van der Waals surface area contributed by atoms with Crippen LogP contribution in [0.1, 0.15) is 65.5 Å². The Bertz CT molecular complexity index is 1200. The first-order valence-corrected chi connectivity index (χ1v) is 13.6. The predicted molar refractivity (Wildman–Crippen MR) is 138 cm³/mol. The lowest BCUT2D eigenvalue weighted by atomic mass is 10.1. The average molecular weight is 515 g/mol. The number of aromatic nitrogens is 3. The van der Waals surface area contributed by atoms with Crippen LogP contribution in [-0.4, -0.2) is 39.0 Å². The summed E-state index contributed by atoms with van der Waals surface area (Å²) in [6.45, 7) is 8.71. The number of amides is 1. The number of anilines is 1. The molecule has 1 aliphatic carbocycles. The van der Waals surface area contributed by atoms with Crippen molar-refractivity contribution in [2.45, 2.75) is 64.8 Å². The van der Waals surface area contributed by atoms with Gasteiger partial charge in [-0.25, -0.2) is 4.79 Å². The molecule has 2 heterocycles. The van der Waals surface area contributed by atoms with Crippen molar-refractivity contribution in [2.24, 2.45) is 0 Å². The molecule has 0 radical (unpaired) electrons. The summed E-state index contributed by atoms with van der Waals surface area (Å²) < 4.78 is 13.3. The summed E-state index contributed by atoms with van der Waals surface area (Å²) in [5, 5.41) is 12.8. The van der Waals surface area contributed by atoms with Crippen LogP contribution in [0.25, 0.3) is 0 Å². The van der Waals surface area contributed by atoms with E-state index in [0.717, 1.165) is 35.5 Å². The zero-order valence-corrected chi connectivity index (χ0v) is 22.1. The molecule has 1 atom stereocenters. The number of carbonyl (C=O) groups is 2. The van der Waals surface area contributed by atoms with Crippen LogP contribution in [-0.2, 0) is 28.9 Å². The number of thioether (sulfide) groups is 1. The van der Waals surface area contributed by atoms with E-state index in [-0.39, 0.29) is 23.7 Å². The van der Waals surface area contributed by atoms with Gasteiger partial charge in [-0.15, -0.1) is 21.5 Å². The predicted octanol–water partition coefficient (Wildman–Crippen LogP) is 5.20. The van der Waals surface area contributed by atoms with E-state index < -0.39 is 0 Å². The lowest BCUT2D eigenvalue weighted by molar-refractivity contribution is -0.113. The molecule has 0 aliphatic heterocycles. The van der Waals surface area contributed by atoms with Gasteiger partial charge in [-0.1, -0.05) is 29.5 Å². The molecule has 1 N–H and O–H groups in total. The topological polar surface area (TPSA) is 95.3 Å². The number of hydrogen-bond acceptors (Lipinski definition) is 8. The first-order valence-electron chi connectivity index (χ1n) is 11.8. The fraction of sp³-hybridized carbons (Fsp3) is 0.440. The van der Waals surface area contributed by atoms with E-state index >= 15 is 0 Å². The minimum absolute atomic E-state index is 0.149. The van der Waals surface area contributed by atoms with Crippen LogP contribution in [0.4, 0.5) is 5.00 Å². The van der Waals surface area contributed by atoms with Crippen molar-refractivity contribution < 1.29 is 19.1 Å². The molecule has 0 saturated carbocycles. The van der Waals surface area contributed by atoms with E-state index in [9.17, 15) is 9.59 Å². The Morgan fingerprint density at radius 1 is 1.20 bits per heavy atom. The highest BCUT2D eigenvalue weighted by molar-refractivity contribution is 7.99. The lowest BCUT2D eigenvalue weighted by Gasteiger charge is -2.15. The van der Waals surface area contributed by atoms with E-state index in [0.29, 0.717) is 34.7 Å². The Balaban J connectivity index is 1.41. The number of aryl methyl sites for hydroxylation is 2. The number of fused-ring (bicyclic) bond motifs is 1. The van der Waals surface area contributed by atoms with Gasteiger partial charge >= 0.3 is 5.97 Å². The highest BCUT2D eigenvalue weighted by Gasteiger charge is 2.28. The summed E-state index contributed by atoms with van der Waals surface area (Å²) in [5.41, 5.74) is 2.71. The highest BCUT2D eigenvalue weighted by atomic mass is 32.2. The van der Waals surface area contributed by atoms with Crippen molar-refractivity contribution in [3.63, 3.8) is 0 Å². The average Bonchev–Trinajstić information content (AvgIpc) is 3.53. The molecule has 2 aromatic heterocycles. The molecule has 0 saturated heterocycles. The largest absolute Gasteiger partial charge is 0.483 e. The lowest BCUT2D eigenvalue weighted by Crippen LogP contribution is -2.17. The number of rotatable bonds is 10. The van der Waals surface area contributed by atoms with Gasteiger partial charge < -0.3 is 19.4 Å². The third-order valence-electron chi connectivity index (χ3n) is 5.75.